The number of nitrogens with zero attached hydrogens (tertiary/aromatic N) is 1. The molecule has 0 bridgehead atoms. The highest BCUT2D eigenvalue weighted by atomic mass is 32.2. The molecule has 5 nitrogen and oxygen atoms in total. The highest BCUT2D eigenvalue weighted by Crippen LogP contribution is 1.83. The Morgan fingerprint density at radius 2 is 2.12 bits per heavy atom. The first kappa shape index (κ1) is 7.83. The predicted octanol–water partition coefficient (Wildman–Crippen LogP) is -1.10. The van der Waals surface area contributed by atoms with E-state index < -0.39 is 10.2 Å². The van der Waals surface area contributed by atoms with Gasteiger partial charge in [-0.3, -0.25) is 5.21 Å². The minimum atomic E-state index is -3.86. The van der Waals surface area contributed by atoms with Crippen LogP contribution in [0.15, 0.2) is 0 Å². The molecule has 0 heterocycles. The fourth-order valence-electron chi connectivity index (χ4n) is 0.180. The molecule has 0 aromatic carbocycles. The Morgan fingerprint density at radius 3 is 2.12 bits per heavy atom. The highest BCUT2D eigenvalue weighted by molar-refractivity contribution is 7.86. The average Bonchev–Trinajstić information content (AvgIpc) is 1.62. The summed E-state index contributed by atoms with van der Waals surface area (Å²) in [6, 6.07) is 0. The second kappa shape index (κ2) is 2.40. The molecule has 0 unspecified atom stereocenters. The summed E-state index contributed by atoms with van der Waals surface area (Å²) in [7, 11) is -3.86. The van der Waals surface area contributed by atoms with E-state index >= 15 is 0 Å². The topological polar surface area (TPSA) is 83.6 Å². The molecule has 3 N–H and O–H groups in total. The van der Waals surface area contributed by atoms with Crippen LogP contribution in [0.25, 0.3) is 0 Å². The van der Waals surface area contributed by atoms with E-state index in [0.29, 0.717) is 0 Å². The zero-order valence-corrected chi connectivity index (χ0v) is 5.22. The number of nitrogens with two attached hydrogens (primary N) is 1. The molecular formula is C2H8N2O3S. The van der Waals surface area contributed by atoms with Crippen LogP contribution < -0.4 is 5.14 Å². The van der Waals surface area contributed by atoms with Gasteiger partial charge in [-0.2, -0.15) is 8.42 Å². The lowest BCUT2D eigenvalue weighted by atomic mass is 10.8. The Bertz CT molecular complexity index is 151. The first-order chi connectivity index (χ1) is 3.48. The van der Waals surface area contributed by atoms with E-state index in [0.717, 1.165) is 0 Å². The zero-order chi connectivity index (χ0) is 6.78. The molecular weight excluding hydrogens is 132 g/mol. The maximum Gasteiger partial charge on any atom is 0.298 e. The van der Waals surface area contributed by atoms with Crippen molar-refractivity contribution in [3.05, 3.63) is 0 Å². The molecule has 0 spiro atoms. The van der Waals surface area contributed by atoms with Gasteiger partial charge in [0, 0.05) is 6.54 Å². The van der Waals surface area contributed by atoms with E-state index in [1.807, 2.05) is 0 Å². The second-order valence-corrected chi connectivity index (χ2v) is 2.63. The van der Waals surface area contributed by atoms with Crippen LogP contribution >= 0.6 is 0 Å². The summed E-state index contributed by atoms with van der Waals surface area (Å²) in [4.78, 5) is 0. The molecule has 0 atom stereocenters. The Labute approximate surface area is 47.8 Å². The molecule has 0 saturated carbocycles. The lowest BCUT2D eigenvalue weighted by molar-refractivity contribution is 0.00860. The fraction of sp³-hybridized carbons (Fsp3) is 1.00. The van der Waals surface area contributed by atoms with Gasteiger partial charge in [0.15, 0.2) is 0 Å². The molecule has 0 aliphatic heterocycles. The summed E-state index contributed by atoms with van der Waals surface area (Å²) in [5, 5.41) is 12.8. The lowest BCUT2D eigenvalue weighted by Crippen LogP contribution is -2.33. The summed E-state index contributed by atoms with van der Waals surface area (Å²) in [6.45, 7) is 1.43. The molecule has 0 aliphatic rings. The smallest absolute Gasteiger partial charge is 0.298 e. The van der Waals surface area contributed by atoms with Crippen molar-refractivity contribution >= 4 is 10.2 Å². The monoisotopic (exact) mass is 140 g/mol. The van der Waals surface area contributed by atoms with E-state index in [-0.39, 0.29) is 11.0 Å². The van der Waals surface area contributed by atoms with Gasteiger partial charge in [0.05, 0.1) is 0 Å². The predicted molar refractivity (Wildman–Crippen MR) is 27.3 cm³/mol. The van der Waals surface area contributed by atoms with Gasteiger partial charge >= 0.3 is 0 Å². The van der Waals surface area contributed by atoms with E-state index in [2.05, 4.69) is 5.14 Å². The van der Waals surface area contributed by atoms with Gasteiger partial charge in [0.2, 0.25) is 0 Å². The first-order valence-electron chi connectivity index (χ1n) is 1.97. The molecule has 0 saturated heterocycles. The van der Waals surface area contributed by atoms with E-state index in [1.54, 1.807) is 0 Å². The van der Waals surface area contributed by atoms with Crippen molar-refractivity contribution in [2.24, 2.45) is 5.14 Å². The maximum absolute atomic E-state index is 10.0. The fourth-order valence-corrected chi connectivity index (χ4v) is 0.540. The number of hydroxylamine groups is 1. The summed E-state index contributed by atoms with van der Waals surface area (Å²) in [5.41, 5.74) is 0. The third-order valence-corrected chi connectivity index (χ3v) is 1.41. The SMILES string of the molecule is CCN(O)S(N)(=O)=O. The Morgan fingerprint density at radius 1 is 1.75 bits per heavy atom. The molecule has 0 radical (unpaired) electrons. The van der Waals surface area contributed by atoms with Crippen LogP contribution in [0.5, 0.6) is 0 Å². The molecule has 6 heteroatoms. The van der Waals surface area contributed by atoms with Gasteiger partial charge in [-0.05, 0) is 6.92 Å². The van der Waals surface area contributed by atoms with Crippen molar-refractivity contribution in [3.8, 4) is 0 Å². The molecule has 0 rings (SSSR count). The molecule has 0 aromatic heterocycles. The van der Waals surface area contributed by atoms with Crippen LogP contribution in [0, 0.1) is 0 Å². The normalized spacial score (nSPS) is 12.5. The third-order valence-electron chi connectivity index (χ3n) is 0.564. The van der Waals surface area contributed by atoms with Crippen molar-refractivity contribution in [1.29, 1.82) is 0 Å². The van der Waals surface area contributed by atoms with Crippen LogP contribution in [-0.2, 0) is 10.2 Å². The van der Waals surface area contributed by atoms with Gasteiger partial charge in [-0.1, -0.05) is 4.47 Å². The molecule has 8 heavy (non-hydrogen) atoms. The summed E-state index contributed by atoms with van der Waals surface area (Å²) >= 11 is 0. The van der Waals surface area contributed by atoms with E-state index in [9.17, 15) is 8.42 Å². The van der Waals surface area contributed by atoms with Crippen molar-refractivity contribution in [2.45, 2.75) is 6.92 Å². The molecule has 0 amide bonds. The van der Waals surface area contributed by atoms with Gasteiger partial charge in [-0.15, -0.1) is 0 Å². The average molecular weight is 140 g/mol. The molecule has 0 fully saturated rings. The third kappa shape index (κ3) is 2.22. The Kier molecular flexibility index (Phi) is 2.35. The number of hydrogen-bond acceptors (Lipinski definition) is 3. The van der Waals surface area contributed by atoms with Gasteiger partial charge < -0.3 is 0 Å². The molecule has 0 aromatic rings. The van der Waals surface area contributed by atoms with Crippen LogP contribution in [-0.4, -0.2) is 24.6 Å². The van der Waals surface area contributed by atoms with Crippen molar-refractivity contribution < 1.29 is 13.6 Å². The van der Waals surface area contributed by atoms with Gasteiger partial charge in [0.1, 0.15) is 0 Å². The quantitative estimate of drug-likeness (QED) is 0.477. The maximum atomic E-state index is 10.0. The lowest BCUT2D eigenvalue weighted by Gasteiger charge is -2.05. The summed E-state index contributed by atoms with van der Waals surface area (Å²) in [6.07, 6.45) is 0. The minimum Gasteiger partial charge on any atom is -0.298 e. The largest absolute Gasteiger partial charge is 0.298 e. The minimum absolute atomic E-state index is 0.0289. The number of hydrogen-bond donors (Lipinski definition) is 2. The van der Waals surface area contributed by atoms with Crippen LogP contribution in [0.2, 0.25) is 0 Å². The van der Waals surface area contributed by atoms with Crippen LogP contribution in [0.1, 0.15) is 6.92 Å². The van der Waals surface area contributed by atoms with Crippen LogP contribution in [0.4, 0.5) is 0 Å². The van der Waals surface area contributed by atoms with Gasteiger partial charge in [-0.25, -0.2) is 5.14 Å². The highest BCUT2D eigenvalue weighted by Gasteiger charge is 2.09. The van der Waals surface area contributed by atoms with E-state index in [4.69, 9.17) is 5.21 Å². The standard InChI is InChI=1S/C2H8N2O3S/c1-2-4(5)8(3,6)7/h5H,2H2,1H3,(H2,3,6,7). The zero-order valence-electron chi connectivity index (χ0n) is 4.40. The number of rotatable bonds is 2. The van der Waals surface area contributed by atoms with Crippen molar-refractivity contribution in [2.75, 3.05) is 6.54 Å². The summed E-state index contributed by atoms with van der Waals surface area (Å²) in [5.74, 6) is 0. The van der Waals surface area contributed by atoms with E-state index in [1.165, 1.54) is 6.92 Å². The van der Waals surface area contributed by atoms with Gasteiger partial charge in [0.25, 0.3) is 10.2 Å². The van der Waals surface area contributed by atoms with Crippen LogP contribution in [0.3, 0.4) is 0 Å². The molecule has 50 valence electrons. The van der Waals surface area contributed by atoms with Crippen molar-refractivity contribution in [3.63, 3.8) is 0 Å². The molecule has 0 aliphatic carbocycles. The van der Waals surface area contributed by atoms with Crippen molar-refractivity contribution in [1.82, 2.24) is 4.47 Å². The Balaban J connectivity index is 4.04. The first-order valence-corrected chi connectivity index (χ1v) is 3.48. The second-order valence-electron chi connectivity index (χ2n) is 1.18. The summed E-state index contributed by atoms with van der Waals surface area (Å²) < 4.78 is 20.1. The Hall–Kier alpha value is -0.170.